The lowest BCUT2D eigenvalue weighted by atomic mass is 10.2. The number of thiazole rings is 1. The molecule has 0 aliphatic heterocycles. The van der Waals surface area contributed by atoms with Crippen molar-refractivity contribution in [3.8, 4) is 16.3 Å². The first-order chi connectivity index (χ1) is 13.4. The highest BCUT2D eigenvalue weighted by Crippen LogP contribution is 2.25. The molecule has 1 aromatic carbocycles. The van der Waals surface area contributed by atoms with Gasteiger partial charge in [0.05, 0.1) is 19.2 Å². The summed E-state index contributed by atoms with van der Waals surface area (Å²) in [4.78, 5) is 39.5. The maximum absolute atomic E-state index is 11.9. The lowest BCUT2D eigenvalue weighted by Crippen LogP contribution is -2.44. The van der Waals surface area contributed by atoms with Crippen LogP contribution in [0.4, 0.5) is 4.79 Å². The SMILES string of the molecule is CC[C@@H](C)NC(=O)NC(=O)COC(=O)Cc1csc(-c2ccc(OC)cc2)n1. The van der Waals surface area contributed by atoms with Crippen LogP contribution in [0.15, 0.2) is 29.6 Å². The van der Waals surface area contributed by atoms with Crippen LogP contribution in [0.3, 0.4) is 0 Å². The number of nitrogens with zero attached hydrogens (tertiary/aromatic N) is 1. The number of carbonyl (C=O) groups excluding carboxylic acids is 3. The third-order valence-electron chi connectivity index (χ3n) is 3.82. The molecule has 9 heteroatoms. The fourth-order valence-electron chi connectivity index (χ4n) is 2.12. The Kier molecular flexibility index (Phi) is 7.94. The Morgan fingerprint density at radius 2 is 1.93 bits per heavy atom. The van der Waals surface area contributed by atoms with Crippen molar-refractivity contribution in [1.29, 1.82) is 0 Å². The Hall–Kier alpha value is -2.94. The number of benzene rings is 1. The second kappa shape index (κ2) is 10.4. The summed E-state index contributed by atoms with van der Waals surface area (Å²) in [6.45, 7) is 3.20. The van der Waals surface area contributed by atoms with Gasteiger partial charge < -0.3 is 14.8 Å². The predicted octanol–water partition coefficient (Wildman–Crippen LogP) is 2.53. The summed E-state index contributed by atoms with van der Waals surface area (Å²) in [6.07, 6.45) is 0.682. The van der Waals surface area contributed by atoms with E-state index in [1.807, 2.05) is 38.1 Å². The smallest absolute Gasteiger partial charge is 0.321 e. The van der Waals surface area contributed by atoms with E-state index >= 15 is 0 Å². The zero-order valence-corrected chi connectivity index (χ0v) is 16.8. The molecule has 0 aliphatic rings. The largest absolute Gasteiger partial charge is 0.497 e. The van der Waals surface area contributed by atoms with Crippen LogP contribution in [0.1, 0.15) is 26.0 Å². The molecule has 2 N–H and O–H groups in total. The van der Waals surface area contributed by atoms with E-state index in [9.17, 15) is 14.4 Å². The third-order valence-corrected chi connectivity index (χ3v) is 4.76. The highest BCUT2D eigenvalue weighted by Gasteiger charge is 2.14. The molecule has 0 spiro atoms. The Labute approximate surface area is 167 Å². The van der Waals surface area contributed by atoms with Gasteiger partial charge in [-0.2, -0.15) is 0 Å². The molecule has 0 unspecified atom stereocenters. The van der Waals surface area contributed by atoms with Gasteiger partial charge in [-0.1, -0.05) is 6.92 Å². The molecule has 3 amide bonds. The van der Waals surface area contributed by atoms with E-state index in [0.717, 1.165) is 22.7 Å². The first kappa shape index (κ1) is 21.4. The molecule has 0 fully saturated rings. The van der Waals surface area contributed by atoms with Gasteiger partial charge in [0, 0.05) is 17.0 Å². The predicted molar refractivity (Wildman–Crippen MR) is 105 cm³/mol. The molecule has 150 valence electrons. The van der Waals surface area contributed by atoms with E-state index in [1.165, 1.54) is 11.3 Å². The molecule has 1 atom stereocenters. The van der Waals surface area contributed by atoms with E-state index in [2.05, 4.69) is 15.6 Å². The minimum Gasteiger partial charge on any atom is -0.497 e. The van der Waals surface area contributed by atoms with Gasteiger partial charge in [0.15, 0.2) is 6.61 Å². The van der Waals surface area contributed by atoms with Gasteiger partial charge in [0.25, 0.3) is 5.91 Å². The maximum atomic E-state index is 11.9. The topological polar surface area (TPSA) is 107 Å². The van der Waals surface area contributed by atoms with E-state index in [0.29, 0.717) is 5.69 Å². The summed E-state index contributed by atoms with van der Waals surface area (Å²) in [7, 11) is 1.60. The van der Waals surface area contributed by atoms with Gasteiger partial charge in [-0.3, -0.25) is 14.9 Å². The highest BCUT2D eigenvalue weighted by atomic mass is 32.1. The molecule has 0 bridgehead atoms. The van der Waals surface area contributed by atoms with Crippen LogP contribution in [0, 0.1) is 0 Å². The number of nitrogens with one attached hydrogen (secondary N) is 2. The highest BCUT2D eigenvalue weighted by molar-refractivity contribution is 7.13. The van der Waals surface area contributed by atoms with Crippen LogP contribution in [-0.4, -0.2) is 42.7 Å². The Morgan fingerprint density at radius 1 is 1.21 bits per heavy atom. The number of urea groups is 1. The van der Waals surface area contributed by atoms with E-state index in [-0.39, 0.29) is 12.5 Å². The number of carbonyl (C=O) groups is 3. The molecule has 0 saturated carbocycles. The summed E-state index contributed by atoms with van der Waals surface area (Å²) in [5.74, 6) is -0.532. The third kappa shape index (κ3) is 6.66. The minimum absolute atomic E-state index is 0.0556. The number of hydrogen-bond donors (Lipinski definition) is 2. The van der Waals surface area contributed by atoms with Gasteiger partial charge in [-0.15, -0.1) is 11.3 Å². The summed E-state index contributed by atoms with van der Waals surface area (Å²) in [6, 6.07) is 6.77. The molecule has 1 aromatic heterocycles. The number of methoxy groups -OCH3 is 1. The second-order valence-electron chi connectivity index (χ2n) is 6.04. The van der Waals surface area contributed by atoms with Crippen molar-refractivity contribution >= 4 is 29.2 Å². The Balaban J connectivity index is 1.79. The van der Waals surface area contributed by atoms with Crippen molar-refractivity contribution < 1.29 is 23.9 Å². The zero-order valence-electron chi connectivity index (χ0n) is 16.0. The van der Waals surface area contributed by atoms with Crippen molar-refractivity contribution in [2.24, 2.45) is 0 Å². The summed E-state index contributed by atoms with van der Waals surface area (Å²) in [5.41, 5.74) is 1.47. The number of imide groups is 1. The molecule has 8 nitrogen and oxygen atoms in total. The number of amides is 3. The van der Waals surface area contributed by atoms with Crippen molar-refractivity contribution in [3.63, 3.8) is 0 Å². The number of aromatic nitrogens is 1. The molecule has 0 aliphatic carbocycles. The minimum atomic E-state index is -0.689. The zero-order chi connectivity index (χ0) is 20.5. The first-order valence-electron chi connectivity index (χ1n) is 8.76. The number of hydrogen-bond acceptors (Lipinski definition) is 7. The molecule has 0 saturated heterocycles. The Morgan fingerprint density at radius 3 is 2.57 bits per heavy atom. The van der Waals surface area contributed by atoms with E-state index < -0.39 is 24.5 Å². The van der Waals surface area contributed by atoms with Gasteiger partial charge in [-0.25, -0.2) is 9.78 Å². The average molecular weight is 405 g/mol. The maximum Gasteiger partial charge on any atom is 0.321 e. The van der Waals surface area contributed by atoms with Crippen LogP contribution >= 0.6 is 11.3 Å². The summed E-state index contributed by atoms with van der Waals surface area (Å²) >= 11 is 1.41. The summed E-state index contributed by atoms with van der Waals surface area (Å²) in [5, 5.41) is 7.23. The fourth-order valence-corrected chi connectivity index (χ4v) is 2.95. The molecule has 28 heavy (non-hydrogen) atoms. The van der Waals surface area contributed by atoms with Gasteiger partial charge in [0.2, 0.25) is 0 Å². The number of esters is 1. The van der Waals surface area contributed by atoms with Crippen LogP contribution in [0.2, 0.25) is 0 Å². The van der Waals surface area contributed by atoms with E-state index in [1.54, 1.807) is 12.5 Å². The van der Waals surface area contributed by atoms with E-state index in [4.69, 9.17) is 9.47 Å². The van der Waals surface area contributed by atoms with Crippen LogP contribution in [0.25, 0.3) is 10.6 Å². The fraction of sp³-hybridized carbons (Fsp3) is 0.368. The summed E-state index contributed by atoms with van der Waals surface area (Å²) < 4.78 is 10.0. The molecule has 2 aromatic rings. The molecular formula is C19H23N3O5S. The van der Waals surface area contributed by atoms with Gasteiger partial charge in [-0.05, 0) is 37.6 Å². The van der Waals surface area contributed by atoms with Crippen molar-refractivity contribution in [2.75, 3.05) is 13.7 Å². The normalized spacial score (nSPS) is 11.4. The lowest BCUT2D eigenvalue weighted by Gasteiger charge is -2.11. The molecule has 2 rings (SSSR count). The number of ether oxygens (including phenoxy) is 2. The van der Waals surface area contributed by atoms with Crippen molar-refractivity contribution in [3.05, 3.63) is 35.3 Å². The van der Waals surface area contributed by atoms with Gasteiger partial charge in [0.1, 0.15) is 10.8 Å². The monoisotopic (exact) mass is 405 g/mol. The number of rotatable bonds is 8. The second-order valence-corrected chi connectivity index (χ2v) is 6.90. The van der Waals surface area contributed by atoms with Crippen LogP contribution in [0.5, 0.6) is 5.75 Å². The van der Waals surface area contributed by atoms with Crippen molar-refractivity contribution in [1.82, 2.24) is 15.6 Å². The van der Waals surface area contributed by atoms with Crippen LogP contribution < -0.4 is 15.4 Å². The average Bonchev–Trinajstić information content (AvgIpc) is 3.14. The quantitative estimate of drug-likeness (QED) is 0.654. The first-order valence-corrected chi connectivity index (χ1v) is 9.64. The lowest BCUT2D eigenvalue weighted by molar-refractivity contribution is -0.147. The Bertz CT molecular complexity index is 819. The van der Waals surface area contributed by atoms with Crippen LogP contribution in [-0.2, 0) is 20.7 Å². The standard InChI is InChI=1S/C19H23N3O5S/c1-4-12(2)20-19(25)22-16(23)10-27-17(24)9-14-11-28-18(21-14)13-5-7-15(26-3)8-6-13/h5-8,11-12H,4,9-10H2,1-3H3,(H2,20,22,23,25)/t12-/m1/s1. The molecule has 1 heterocycles. The molecule has 0 radical (unpaired) electrons. The van der Waals surface area contributed by atoms with Crippen molar-refractivity contribution in [2.45, 2.75) is 32.7 Å². The van der Waals surface area contributed by atoms with Gasteiger partial charge >= 0.3 is 12.0 Å². The molecular weight excluding hydrogens is 382 g/mol.